The summed E-state index contributed by atoms with van der Waals surface area (Å²) in [6, 6.07) is 0. The Labute approximate surface area is 77.0 Å². The lowest BCUT2D eigenvalue weighted by molar-refractivity contribution is -0.00592. The highest BCUT2D eigenvalue weighted by molar-refractivity contribution is 7.13. The van der Waals surface area contributed by atoms with Gasteiger partial charge in [-0.3, -0.25) is 4.79 Å². The summed E-state index contributed by atoms with van der Waals surface area (Å²) >= 11 is 0.787. The smallest absolute Gasteiger partial charge is 0.270 e. The van der Waals surface area contributed by atoms with Crippen LogP contribution in [0.1, 0.15) is 26.5 Å². The Morgan fingerprint density at radius 3 is 2.62 bits per heavy atom. The summed E-state index contributed by atoms with van der Waals surface area (Å²) in [6.07, 6.45) is -4.23. The molecular weight excluding hydrogens is 200 g/mol. The van der Waals surface area contributed by atoms with Crippen molar-refractivity contribution in [3.8, 4) is 0 Å². The summed E-state index contributed by atoms with van der Waals surface area (Å²) in [5.74, 6) is 0. The van der Waals surface area contributed by atoms with E-state index in [4.69, 9.17) is 5.11 Å². The van der Waals surface area contributed by atoms with E-state index in [1.54, 1.807) is 0 Å². The zero-order valence-corrected chi connectivity index (χ0v) is 7.52. The first-order valence-corrected chi connectivity index (χ1v) is 4.26. The second-order valence-corrected chi connectivity index (χ2v) is 3.46. The van der Waals surface area contributed by atoms with E-state index >= 15 is 0 Å². The summed E-state index contributed by atoms with van der Waals surface area (Å²) in [4.78, 5) is 14.3. The van der Waals surface area contributed by atoms with Crippen LogP contribution in [0.3, 0.4) is 0 Å². The fourth-order valence-electron chi connectivity index (χ4n) is 0.773. The maximum Gasteiger partial charge on any atom is 0.270 e. The first-order chi connectivity index (χ1) is 6.06. The molecule has 0 spiro atoms. The van der Waals surface area contributed by atoms with Crippen LogP contribution in [0.15, 0.2) is 0 Å². The molecule has 0 aliphatic heterocycles. The molecule has 0 saturated heterocycles. The van der Waals surface area contributed by atoms with Crippen molar-refractivity contribution >= 4 is 17.6 Å². The van der Waals surface area contributed by atoms with Gasteiger partial charge in [-0.25, -0.2) is 13.8 Å². The second kappa shape index (κ2) is 3.89. The van der Waals surface area contributed by atoms with E-state index in [-0.39, 0.29) is 9.88 Å². The van der Waals surface area contributed by atoms with Gasteiger partial charge >= 0.3 is 0 Å². The van der Waals surface area contributed by atoms with Crippen molar-refractivity contribution in [2.45, 2.75) is 19.5 Å². The maximum absolute atomic E-state index is 12.0. The largest absolute Gasteiger partial charge is 0.380 e. The average molecular weight is 207 g/mol. The number of rotatable bonds is 3. The molecule has 1 rings (SSSR count). The number of aliphatic hydroxyl groups is 1. The lowest BCUT2D eigenvalue weighted by Crippen LogP contribution is -2.07. The Morgan fingerprint density at radius 1 is 1.62 bits per heavy atom. The molecule has 1 unspecified atom stereocenters. The first-order valence-electron chi connectivity index (χ1n) is 3.45. The molecule has 0 aromatic carbocycles. The molecule has 3 nitrogen and oxygen atoms in total. The molecule has 0 fully saturated rings. The number of carbonyl (C=O) groups excluding carboxylic acids is 1. The number of nitrogens with zero attached hydrogens (tertiary/aromatic N) is 1. The number of aryl methyl sites for hydroxylation is 1. The van der Waals surface area contributed by atoms with Crippen LogP contribution in [0.4, 0.5) is 8.78 Å². The number of aromatic nitrogens is 1. The third-order valence-corrected chi connectivity index (χ3v) is 2.60. The fraction of sp³-hybridized carbons (Fsp3) is 0.429. The number of thiazole rings is 1. The van der Waals surface area contributed by atoms with E-state index in [9.17, 15) is 13.6 Å². The van der Waals surface area contributed by atoms with Crippen molar-refractivity contribution in [2.75, 3.05) is 0 Å². The summed E-state index contributed by atoms with van der Waals surface area (Å²) in [6.45, 7) is 1.53. The van der Waals surface area contributed by atoms with Gasteiger partial charge in [-0.1, -0.05) is 0 Å². The number of hydrogen-bond acceptors (Lipinski definition) is 4. The number of hydrogen-bond donors (Lipinski definition) is 1. The third kappa shape index (κ3) is 2.07. The van der Waals surface area contributed by atoms with Gasteiger partial charge < -0.3 is 5.11 Å². The molecule has 0 aliphatic rings. The minimum atomic E-state index is -2.87. The lowest BCUT2D eigenvalue weighted by Gasteiger charge is -2.03. The van der Waals surface area contributed by atoms with Crippen LogP contribution >= 0.6 is 11.3 Å². The van der Waals surface area contributed by atoms with Crippen molar-refractivity contribution < 1.29 is 18.7 Å². The highest BCUT2D eigenvalue weighted by Gasteiger charge is 2.23. The predicted molar refractivity (Wildman–Crippen MR) is 43.2 cm³/mol. The zero-order valence-electron chi connectivity index (χ0n) is 6.70. The zero-order chi connectivity index (χ0) is 10.0. The summed E-state index contributed by atoms with van der Waals surface area (Å²) in [7, 11) is 0. The van der Waals surface area contributed by atoms with Crippen LogP contribution in [0, 0.1) is 6.92 Å². The van der Waals surface area contributed by atoms with Gasteiger partial charge in [0.1, 0.15) is 5.01 Å². The summed E-state index contributed by atoms with van der Waals surface area (Å²) < 4.78 is 24.0. The standard InChI is InChI=1S/C7H7F2NO2S/c1-3-4(2-11)13-7(10-3)5(12)6(8)9/h2,5-6,12H,1H3. The van der Waals surface area contributed by atoms with Crippen LogP contribution in [-0.2, 0) is 0 Å². The molecular formula is C7H7F2NO2S. The topological polar surface area (TPSA) is 50.2 Å². The lowest BCUT2D eigenvalue weighted by atomic mass is 10.4. The molecule has 0 saturated carbocycles. The van der Waals surface area contributed by atoms with Crippen LogP contribution in [0.25, 0.3) is 0 Å². The number of aliphatic hydroxyl groups excluding tert-OH is 1. The molecule has 1 N–H and O–H groups in total. The van der Waals surface area contributed by atoms with Gasteiger partial charge in [0.25, 0.3) is 6.43 Å². The molecule has 0 radical (unpaired) electrons. The highest BCUT2D eigenvalue weighted by atomic mass is 32.1. The Hall–Kier alpha value is -0.880. The normalized spacial score (nSPS) is 13.3. The molecule has 72 valence electrons. The Kier molecular flexibility index (Phi) is 3.05. The number of aldehydes is 1. The van der Waals surface area contributed by atoms with Gasteiger partial charge in [-0.05, 0) is 6.92 Å². The average Bonchev–Trinajstić information content (AvgIpc) is 2.45. The van der Waals surface area contributed by atoms with Crippen molar-refractivity contribution in [3.05, 3.63) is 15.6 Å². The predicted octanol–water partition coefficient (Wildman–Crippen LogP) is 1.56. The summed E-state index contributed by atoms with van der Waals surface area (Å²) in [5, 5.41) is 8.80. The van der Waals surface area contributed by atoms with Crippen LogP contribution in [0.2, 0.25) is 0 Å². The molecule has 1 aromatic rings. The third-order valence-electron chi connectivity index (χ3n) is 1.45. The molecule has 1 heterocycles. The van der Waals surface area contributed by atoms with E-state index in [2.05, 4.69) is 4.98 Å². The highest BCUT2D eigenvalue weighted by Crippen LogP contribution is 2.26. The first kappa shape index (κ1) is 10.2. The molecule has 0 amide bonds. The molecule has 6 heteroatoms. The van der Waals surface area contributed by atoms with E-state index in [0.29, 0.717) is 12.0 Å². The van der Waals surface area contributed by atoms with Crippen LogP contribution in [-0.4, -0.2) is 22.8 Å². The summed E-state index contributed by atoms with van der Waals surface area (Å²) in [5.41, 5.74) is 0.370. The van der Waals surface area contributed by atoms with Gasteiger partial charge in [0.05, 0.1) is 10.6 Å². The van der Waals surface area contributed by atoms with Gasteiger partial charge in [0.15, 0.2) is 12.4 Å². The number of carbonyl (C=O) groups is 1. The van der Waals surface area contributed by atoms with Gasteiger partial charge in [0.2, 0.25) is 0 Å². The van der Waals surface area contributed by atoms with Gasteiger partial charge in [-0.15, -0.1) is 11.3 Å². The molecule has 13 heavy (non-hydrogen) atoms. The van der Waals surface area contributed by atoms with E-state index < -0.39 is 12.5 Å². The second-order valence-electron chi connectivity index (χ2n) is 2.40. The number of alkyl halides is 2. The minimum absolute atomic E-state index is 0.116. The Bertz CT molecular complexity index is 313. The minimum Gasteiger partial charge on any atom is -0.380 e. The molecule has 0 aliphatic carbocycles. The van der Waals surface area contributed by atoms with Crippen LogP contribution in [0.5, 0.6) is 0 Å². The van der Waals surface area contributed by atoms with Crippen molar-refractivity contribution in [1.29, 1.82) is 0 Å². The molecule has 1 aromatic heterocycles. The van der Waals surface area contributed by atoms with Crippen molar-refractivity contribution in [3.63, 3.8) is 0 Å². The SMILES string of the molecule is Cc1nc(C(O)C(F)F)sc1C=O. The van der Waals surface area contributed by atoms with Crippen molar-refractivity contribution in [1.82, 2.24) is 4.98 Å². The quantitative estimate of drug-likeness (QED) is 0.765. The van der Waals surface area contributed by atoms with Crippen LogP contribution < -0.4 is 0 Å². The Morgan fingerprint density at radius 2 is 2.23 bits per heavy atom. The van der Waals surface area contributed by atoms with Gasteiger partial charge in [0, 0.05) is 0 Å². The van der Waals surface area contributed by atoms with E-state index in [0.717, 1.165) is 11.3 Å². The van der Waals surface area contributed by atoms with E-state index in [1.165, 1.54) is 6.92 Å². The van der Waals surface area contributed by atoms with E-state index in [1.807, 2.05) is 0 Å². The van der Waals surface area contributed by atoms with Gasteiger partial charge in [-0.2, -0.15) is 0 Å². The maximum atomic E-state index is 12.0. The molecule has 1 atom stereocenters. The fourth-order valence-corrected chi connectivity index (χ4v) is 1.65. The monoisotopic (exact) mass is 207 g/mol. The number of halogens is 2. The van der Waals surface area contributed by atoms with Crippen molar-refractivity contribution in [2.24, 2.45) is 0 Å². The molecule has 0 bridgehead atoms. The Balaban J connectivity index is 2.96.